The van der Waals surface area contributed by atoms with E-state index >= 15 is 0 Å². The van der Waals surface area contributed by atoms with E-state index in [0.717, 1.165) is 12.8 Å². The number of hydrogen-bond donors (Lipinski definition) is 2. The number of aliphatic imine (C=N–C) groups is 1. The second kappa shape index (κ2) is 7.91. The minimum absolute atomic E-state index is 0.307. The molecule has 0 spiro atoms. The van der Waals surface area contributed by atoms with E-state index in [0.29, 0.717) is 19.4 Å². The van der Waals surface area contributed by atoms with Crippen molar-refractivity contribution in [3.63, 3.8) is 0 Å². The Morgan fingerprint density at radius 2 is 2.17 bits per heavy atom. The van der Waals surface area contributed by atoms with Gasteiger partial charge in [-0.3, -0.25) is 10.0 Å². The number of carbonyl (C=O) groups is 1. The van der Waals surface area contributed by atoms with E-state index < -0.39 is 0 Å². The fourth-order valence-corrected chi connectivity index (χ4v) is 0.755. The van der Waals surface area contributed by atoms with Crippen molar-refractivity contribution in [2.24, 2.45) is 4.99 Å². The van der Waals surface area contributed by atoms with E-state index in [1.165, 1.54) is 6.08 Å². The molecule has 0 saturated carbocycles. The van der Waals surface area contributed by atoms with Crippen LogP contribution in [0.15, 0.2) is 4.99 Å². The molecule has 0 aromatic carbocycles. The minimum Gasteiger partial charge on any atom is -0.289 e. The van der Waals surface area contributed by atoms with Gasteiger partial charge in [0.2, 0.25) is 12.0 Å². The van der Waals surface area contributed by atoms with Gasteiger partial charge in [0.25, 0.3) is 0 Å². The molecule has 0 heterocycles. The molecular formula is C7H12N2O3. The maximum absolute atomic E-state index is 10.5. The third-order valence-corrected chi connectivity index (χ3v) is 1.36. The van der Waals surface area contributed by atoms with Gasteiger partial charge in [-0.15, -0.1) is 0 Å². The maximum atomic E-state index is 10.5. The lowest BCUT2D eigenvalue weighted by Crippen LogP contribution is -2.17. The van der Waals surface area contributed by atoms with Crippen LogP contribution in [0.4, 0.5) is 0 Å². The first kappa shape index (κ1) is 10.8. The van der Waals surface area contributed by atoms with Crippen molar-refractivity contribution in [2.75, 3.05) is 6.54 Å². The Kier molecular flexibility index (Phi) is 7.13. The smallest absolute Gasteiger partial charge is 0.243 e. The van der Waals surface area contributed by atoms with E-state index in [1.807, 2.05) is 0 Å². The van der Waals surface area contributed by atoms with Gasteiger partial charge in [0, 0.05) is 6.42 Å². The van der Waals surface area contributed by atoms with E-state index in [1.54, 1.807) is 5.48 Å². The predicted molar refractivity (Wildman–Crippen MR) is 41.4 cm³/mol. The van der Waals surface area contributed by atoms with Crippen LogP contribution in [0.3, 0.4) is 0 Å². The summed E-state index contributed by atoms with van der Waals surface area (Å²) in [5, 5.41) is 8.11. The van der Waals surface area contributed by atoms with Crippen molar-refractivity contribution in [1.82, 2.24) is 5.48 Å². The van der Waals surface area contributed by atoms with Crippen molar-refractivity contribution in [3.8, 4) is 0 Å². The number of isocyanates is 1. The molecule has 0 saturated heterocycles. The van der Waals surface area contributed by atoms with Gasteiger partial charge < -0.3 is 0 Å². The number of rotatable bonds is 6. The summed E-state index contributed by atoms with van der Waals surface area (Å²) in [6.45, 7) is 0.463. The maximum Gasteiger partial charge on any atom is 0.243 e. The van der Waals surface area contributed by atoms with Crippen LogP contribution in [0.2, 0.25) is 0 Å². The lowest BCUT2D eigenvalue weighted by molar-refractivity contribution is -0.129. The number of amides is 1. The van der Waals surface area contributed by atoms with Gasteiger partial charge in [0.05, 0.1) is 6.54 Å². The summed E-state index contributed by atoms with van der Waals surface area (Å²) in [6.07, 6.45) is 4.03. The Bertz CT molecular complexity index is 175. The molecule has 68 valence electrons. The fourth-order valence-electron chi connectivity index (χ4n) is 0.755. The first-order chi connectivity index (χ1) is 5.81. The van der Waals surface area contributed by atoms with Crippen LogP contribution in [0, 0.1) is 0 Å². The molecule has 0 fully saturated rings. The van der Waals surface area contributed by atoms with Gasteiger partial charge in [0.1, 0.15) is 0 Å². The normalized spacial score (nSPS) is 8.75. The van der Waals surface area contributed by atoms with Crippen molar-refractivity contribution < 1.29 is 14.8 Å². The van der Waals surface area contributed by atoms with Gasteiger partial charge in [-0.2, -0.15) is 0 Å². The van der Waals surface area contributed by atoms with Gasteiger partial charge in [0.15, 0.2) is 0 Å². The van der Waals surface area contributed by atoms with Crippen LogP contribution in [-0.4, -0.2) is 23.7 Å². The average molecular weight is 172 g/mol. The molecule has 0 aromatic rings. The Morgan fingerprint density at radius 1 is 1.42 bits per heavy atom. The molecule has 0 unspecified atom stereocenters. The monoisotopic (exact) mass is 172 g/mol. The number of unbranched alkanes of at least 4 members (excludes halogenated alkanes) is 2. The fraction of sp³-hybridized carbons (Fsp3) is 0.714. The van der Waals surface area contributed by atoms with E-state index in [9.17, 15) is 9.59 Å². The van der Waals surface area contributed by atoms with Crippen LogP contribution < -0.4 is 5.48 Å². The van der Waals surface area contributed by atoms with Gasteiger partial charge >= 0.3 is 0 Å². The lowest BCUT2D eigenvalue weighted by atomic mass is 10.2. The summed E-state index contributed by atoms with van der Waals surface area (Å²) < 4.78 is 0. The van der Waals surface area contributed by atoms with Crippen LogP contribution in [0.5, 0.6) is 0 Å². The Morgan fingerprint density at radius 3 is 2.75 bits per heavy atom. The number of carbonyl (C=O) groups excluding carboxylic acids is 2. The Balaban J connectivity index is 3.10. The molecule has 1 amide bonds. The van der Waals surface area contributed by atoms with Crippen LogP contribution >= 0.6 is 0 Å². The highest BCUT2D eigenvalue weighted by Crippen LogP contribution is 1.99. The molecule has 5 nitrogen and oxygen atoms in total. The molecule has 5 heteroatoms. The SMILES string of the molecule is O=C=NCCCCCC(=O)NO. The van der Waals surface area contributed by atoms with Crippen LogP contribution in [-0.2, 0) is 9.59 Å². The quantitative estimate of drug-likeness (QED) is 0.200. The Labute approximate surface area is 70.4 Å². The van der Waals surface area contributed by atoms with Crippen molar-refractivity contribution in [3.05, 3.63) is 0 Å². The number of hydrogen-bond acceptors (Lipinski definition) is 4. The zero-order chi connectivity index (χ0) is 9.23. The zero-order valence-corrected chi connectivity index (χ0v) is 6.75. The largest absolute Gasteiger partial charge is 0.289 e. The highest BCUT2D eigenvalue weighted by Gasteiger charge is 1.97. The average Bonchev–Trinajstić information content (AvgIpc) is 2.10. The van der Waals surface area contributed by atoms with Crippen LogP contribution in [0.25, 0.3) is 0 Å². The summed E-state index contributed by atoms with van der Waals surface area (Å²) in [7, 11) is 0. The molecule has 0 aliphatic heterocycles. The van der Waals surface area contributed by atoms with Gasteiger partial charge in [-0.05, 0) is 12.8 Å². The standard InChI is InChI=1S/C7H12N2O3/c10-6-8-5-3-1-2-4-7(11)9-12/h12H,1-5H2,(H,9,11). The Hall–Kier alpha value is -1.19. The zero-order valence-electron chi connectivity index (χ0n) is 6.75. The number of hydroxylamine groups is 1. The van der Waals surface area contributed by atoms with E-state index in [-0.39, 0.29) is 5.91 Å². The third-order valence-electron chi connectivity index (χ3n) is 1.36. The number of nitrogens with zero attached hydrogens (tertiary/aromatic N) is 1. The molecule has 0 rings (SSSR count). The number of nitrogens with one attached hydrogen (secondary N) is 1. The highest BCUT2D eigenvalue weighted by molar-refractivity contribution is 5.74. The van der Waals surface area contributed by atoms with Crippen LogP contribution in [0.1, 0.15) is 25.7 Å². The molecule has 12 heavy (non-hydrogen) atoms. The first-order valence-corrected chi connectivity index (χ1v) is 3.78. The summed E-state index contributed by atoms with van der Waals surface area (Å²) in [4.78, 5) is 23.4. The highest BCUT2D eigenvalue weighted by atomic mass is 16.5. The van der Waals surface area contributed by atoms with Crippen molar-refractivity contribution in [1.29, 1.82) is 0 Å². The lowest BCUT2D eigenvalue weighted by Gasteiger charge is -1.96. The van der Waals surface area contributed by atoms with Gasteiger partial charge in [-0.25, -0.2) is 15.3 Å². The molecule has 0 aliphatic carbocycles. The van der Waals surface area contributed by atoms with Crippen molar-refractivity contribution in [2.45, 2.75) is 25.7 Å². The summed E-state index contributed by atoms with van der Waals surface area (Å²) >= 11 is 0. The molecular weight excluding hydrogens is 160 g/mol. The van der Waals surface area contributed by atoms with Crippen molar-refractivity contribution >= 4 is 12.0 Å². The summed E-state index contributed by atoms with van der Waals surface area (Å²) in [5.41, 5.74) is 1.54. The molecule has 0 atom stereocenters. The summed E-state index contributed by atoms with van der Waals surface area (Å²) in [6, 6.07) is 0. The summed E-state index contributed by atoms with van der Waals surface area (Å²) in [5.74, 6) is -0.381. The topological polar surface area (TPSA) is 78.8 Å². The van der Waals surface area contributed by atoms with E-state index in [4.69, 9.17) is 5.21 Å². The second-order valence-corrected chi connectivity index (χ2v) is 2.32. The second-order valence-electron chi connectivity index (χ2n) is 2.32. The molecule has 0 radical (unpaired) electrons. The van der Waals surface area contributed by atoms with E-state index in [2.05, 4.69) is 4.99 Å². The predicted octanol–water partition coefficient (Wildman–Crippen LogP) is 0.388. The molecule has 0 bridgehead atoms. The molecule has 0 aromatic heterocycles. The molecule has 2 N–H and O–H groups in total. The van der Waals surface area contributed by atoms with Gasteiger partial charge in [-0.1, -0.05) is 6.42 Å². The minimum atomic E-state index is -0.381. The third kappa shape index (κ3) is 6.92. The first-order valence-electron chi connectivity index (χ1n) is 3.78. The molecule has 0 aliphatic rings.